The monoisotopic (exact) mass is 184 g/mol. The zero-order valence-electron chi connectivity index (χ0n) is 6.74. The molecular formula is C8H10NO2S-. The maximum absolute atomic E-state index is 10.2. The third-order valence-electron chi connectivity index (χ3n) is 1.53. The first-order valence-electron chi connectivity index (χ1n) is 3.55. The van der Waals surface area contributed by atoms with E-state index in [9.17, 15) is 8.76 Å². The molecule has 12 heavy (non-hydrogen) atoms. The highest BCUT2D eigenvalue weighted by Gasteiger charge is 1.93. The summed E-state index contributed by atoms with van der Waals surface area (Å²) in [6, 6.07) is 7.55. The van der Waals surface area contributed by atoms with E-state index in [4.69, 9.17) is 0 Å². The van der Waals surface area contributed by atoms with E-state index in [1.807, 2.05) is 31.2 Å². The Morgan fingerprint density at radius 1 is 1.50 bits per heavy atom. The SMILES string of the molecule is Cc1ccccc1NCS(=O)[O-]. The second-order valence-electron chi connectivity index (χ2n) is 2.44. The normalized spacial score (nSPS) is 12.5. The first kappa shape index (κ1) is 9.22. The van der Waals surface area contributed by atoms with Crippen molar-refractivity contribution in [1.82, 2.24) is 0 Å². The summed E-state index contributed by atoms with van der Waals surface area (Å²) >= 11 is -2.04. The van der Waals surface area contributed by atoms with Gasteiger partial charge in [0.2, 0.25) is 0 Å². The Bertz CT molecular complexity index is 288. The van der Waals surface area contributed by atoms with Crippen LogP contribution >= 0.6 is 0 Å². The lowest BCUT2D eigenvalue weighted by Gasteiger charge is -2.10. The summed E-state index contributed by atoms with van der Waals surface area (Å²) in [6.07, 6.45) is 0. The van der Waals surface area contributed by atoms with Crippen molar-refractivity contribution in [3.05, 3.63) is 29.8 Å². The zero-order chi connectivity index (χ0) is 8.97. The predicted molar refractivity (Wildman–Crippen MR) is 48.6 cm³/mol. The van der Waals surface area contributed by atoms with Crippen molar-refractivity contribution >= 4 is 16.8 Å². The van der Waals surface area contributed by atoms with Crippen LogP contribution in [0.15, 0.2) is 24.3 Å². The Balaban J connectivity index is 2.63. The van der Waals surface area contributed by atoms with Crippen LogP contribution in [0.3, 0.4) is 0 Å². The highest BCUT2D eigenvalue weighted by Crippen LogP contribution is 2.12. The van der Waals surface area contributed by atoms with Crippen LogP contribution < -0.4 is 5.32 Å². The van der Waals surface area contributed by atoms with E-state index in [2.05, 4.69) is 5.32 Å². The molecule has 0 aliphatic carbocycles. The van der Waals surface area contributed by atoms with Crippen LogP contribution in [-0.2, 0) is 11.1 Å². The Hall–Kier alpha value is -0.870. The Kier molecular flexibility index (Phi) is 3.25. The molecule has 1 unspecified atom stereocenters. The number of para-hydroxylation sites is 1. The molecule has 0 aliphatic heterocycles. The summed E-state index contributed by atoms with van der Waals surface area (Å²) in [5, 5.41) is 2.80. The lowest BCUT2D eigenvalue weighted by Crippen LogP contribution is -2.07. The molecule has 0 aromatic heterocycles. The minimum Gasteiger partial charge on any atom is -0.771 e. The van der Waals surface area contributed by atoms with Gasteiger partial charge in [0.25, 0.3) is 0 Å². The van der Waals surface area contributed by atoms with Crippen LogP contribution in [0, 0.1) is 6.92 Å². The van der Waals surface area contributed by atoms with Gasteiger partial charge in [-0.3, -0.25) is 4.21 Å². The number of hydrogen-bond acceptors (Lipinski definition) is 3. The van der Waals surface area contributed by atoms with Gasteiger partial charge in [0.05, 0.1) is 5.88 Å². The summed E-state index contributed by atoms with van der Waals surface area (Å²) in [4.78, 5) is 0. The largest absolute Gasteiger partial charge is 0.771 e. The van der Waals surface area contributed by atoms with E-state index < -0.39 is 11.1 Å². The van der Waals surface area contributed by atoms with Gasteiger partial charge >= 0.3 is 0 Å². The molecule has 0 saturated heterocycles. The van der Waals surface area contributed by atoms with Gasteiger partial charge < -0.3 is 9.87 Å². The van der Waals surface area contributed by atoms with Gasteiger partial charge in [0, 0.05) is 5.69 Å². The fourth-order valence-corrected chi connectivity index (χ4v) is 1.18. The summed E-state index contributed by atoms with van der Waals surface area (Å²) in [7, 11) is 0. The molecule has 1 atom stereocenters. The lowest BCUT2D eigenvalue weighted by atomic mass is 10.2. The van der Waals surface area contributed by atoms with Crippen LogP contribution in [0.25, 0.3) is 0 Å². The molecular weight excluding hydrogens is 174 g/mol. The molecule has 0 spiro atoms. The second-order valence-corrected chi connectivity index (χ2v) is 3.34. The van der Waals surface area contributed by atoms with E-state index >= 15 is 0 Å². The van der Waals surface area contributed by atoms with Crippen LogP contribution in [0.2, 0.25) is 0 Å². The number of benzene rings is 1. The second kappa shape index (κ2) is 4.23. The molecule has 3 nitrogen and oxygen atoms in total. The molecule has 0 saturated carbocycles. The fourth-order valence-electron chi connectivity index (χ4n) is 0.908. The average molecular weight is 184 g/mol. The zero-order valence-corrected chi connectivity index (χ0v) is 7.56. The van der Waals surface area contributed by atoms with Gasteiger partial charge in [-0.15, -0.1) is 0 Å². The number of aryl methyl sites for hydroxylation is 1. The molecule has 1 N–H and O–H groups in total. The molecule has 0 aliphatic rings. The van der Waals surface area contributed by atoms with Gasteiger partial charge in [0.1, 0.15) is 0 Å². The number of hydrogen-bond donors (Lipinski definition) is 1. The van der Waals surface area contributed by atoms with E-state index in [-0.39, 0.29) is 5.88 Å². The van der Waals surface area contributed by atoms with E-state index in [0.29, 0.717) is 0 Å². The molecule has 4 heteroatoms. The Labute approximate surface area is 74.1 Å². The standard InChI is InChI=1S/C8H11NO2S/c1-7-4-2-3-5-8(7)9-6-12(10)11/h2-5,9H,6H2,1H3,(H,10,11)/p-1. The molecule has 1 aromatic rings. The summed E-state index contributed by atoms with van der Waals surface area (Å²) in [5.41, 5.74) is 1.91. The van der Waals surface area contributed by atoms with Gasteiger partial charge in [-0.25, -0.2) is 0 Å². The smallest absolute Gasteiger partial charge is 0.0777 e. The molecule has 0 amide bonds. The fraction of sp³-hybridized carbons (Fsp3) is 0.250. The van der Waals surface area contributed by atoms with E-state index in [0.717, 1.165) is 11.3 Å². The maximum Gasteiger partial charge on any atom is 0.0777 e. The van der Waals surface area contributed by atoms with Crippen molar-refractivity contribution in [3.63, 3.8) is 0 Å². The van der Waals surface area contributed by atoms with Crippen molar-refractivity contribution in [1.29, 1.82) is 0 Å². The molecule has 0 bridgehead atoms. The van der Waals surface area contributed by atoms with Gasteiger partial charge in [-0.2, -0.15) is 0 Å². The minimum atomic E-state index is -2.04. The third kappa shape index (κ3) is 2.64. The van der Waals surface area contributed by atoms with Crippen molar-refractivity contribution in [2.24, 2.45) is 0 Å². The summed E-state index contributed by atoms with van der Waals surface area (Å²) < 4.78 is 20.4. The van der Waals surface area contributed by atoms with Crippen molar-refractivity contribution in [2.75, 3.05) is 11.2 Å². The number of rotatable bonds is 3. The van der Waals surface area contributed by atoms with Crippen molar-refractivity contribution in [2.45, 2.75) is 6.92 Å². The van der Waals surface area contributed by atoms with Gasteiger partial charge in [-0.1, -0.05) is 18.2 Å². The van der Waals surface area contributed by atoms with Crippen LogP contribution in [0.5, 0.6) is 0 Å². The van der Waals surface area contributed by atoms with Crippen molar-refractivity contribution in [3.8, 4) is 0 Å². The number of anilines is 1. The Morgan fingerprint density at radius 2 is 2.17 bits per heavy atom. The molecule has 0 fully saturated rings. The highest BCUT2D eigenvalue weighted by atomic mass is 32.2. The molecule has 0 radical (unpaired) electrons. The first-order valence-corrected chi connectivity index (χ1v) is 4.80. The number of nitrogens with one attached hydrogen (secondary N) is 1. The van der Waals surface area contributed by atoms with Crippen LogP contribution in [-0.4, -0.2) is 14.6 Å². The van der Waals surface area contributed by atoms with E-state index in [1.165, 1.54) is 0 Å². The molecule has 0 heterocycles. The molecule has 1 rings (SSSR count). The molecule has 1 aromatic carbocycles. The Morgan fingerprint density at radius 3 is 2.75 bits per heavy atom. The quantitative estimate of drug-likeness (QED) is 0.719. The summed E-state index contributed by atoms with van der Waals surface area (Å²) in [6.45, 7) is 1.93. The molecule has 66 valence electrons. The maximum atomic E-state index is 10.2. The van der Waals surface area contributed by atoms with Gasteiger partial charge in [0.15, 0.2) is 0 Å². The van der Waals surface area contributed by atoms with E-state index in [1.54, 1.807) is 0 Å². The lowest BCUT2D eigenvalue weighted by molar-refractivity contribution is 0.539. The van der Waals surface area contributed by atoms with Crippen LogP contribution in [0.4, 0.5) is 5.69 Å². The third-order valence-corrected chi connectivity index (χ3v) is 1.91. The van der Waals surface area contributed by atoms with Gasteiger partial charge in [-0.05, 0) is 29.6 Å². The average Bonchev–Trinajstić information content (AvgIpc) is 2.03. The minimum absolute atomic E-state index is 0.0369. The summed E-state index contributed by atoms with van der Waals surface area (Å²) in [5.74, 6) is -0.0369. The topological polar surface area (TPSA) is 52.2 Å². The predicted octanol–water partition coefficient (Wildman–Crippen LogP) is 1.24. The van der Waals surface area contributed by atoms with Crippen molar-refractivity contribution < 1.29 is 8.76 Å². The van der Waals surface area contributed by atoms with Crippen LogP contribution in [0.1, 0.15) is 5.56 Å². The first-order chi connectivity index (χ1) is 5.70. The highest BCUT2D eigenvalue weighted by molar-refractivity contribution is 7.79.